The Hall–Kier alpha value is -3.17. The largest absolute Gasteiger partial charge is 0.491 e. The molecule has 0 atom stereocenters. The van der Waals surface area contributed by atoms with E-state index in [9.17, 15) is 18.0 Å². The highest BCUT2D eigenvalue weighted by atomic mass is 35.5. The first-order valence-corrected chi connectivity index (χ1v) is 9.50. The lowest BCUT2D eigenvalue weighted by atomic mass is 10.1. The fourth-order valence-corrected chi connectivity index (χ4v) is 2.82. The van der Waals surface area contributed by atoms with E-state index in [-0.39, 0.29) is 18.1 Å². The summed E-state index contributed by atoms with van der Waals surface area (Å²) in [6.07, 6.45) is 3.70. The maximum atomic E-state index is 14.2. The van der Waals surface area contributed by atoms with Crippen molar-refractivity contribution in [2.45, 2.75) is 6.42 Å². The summed E-state index contributed by atoms with van der Waals surface area (Å²) in [4.78, 5) is 22.5. The maximum absolute atomic E-state index is 14.2. The molecule has 3 rings (SSSR count). The van der Waals surface area contributed by atoms with Gasteiger partial charge in [-0.25, -0.2) is 18.2 Å². The number of anilines is 1. The Kier molecular flexibility index (Phi) is 8.98. The number of amides is 1. The zero-order chi connectivity index (χ0) is 22.4. The van der Waals surface area contributed by atoms with Gasteiger partial charge in [-0.2, -0.15) is 0 Å². The van der Waals surface area contributed by atoms with Gasteiger partial charge in [-0.15, -0.1) is 12.4 Å². The second-order valence-corrected chi connectivity index (χ2v) is 6.95. The topological polar surface area (TPSA) is 67.3 Å². The van der Waals surface area contributed by atoms with Crippen LogP contribution in [0.1, 0.15) is 16.9 Å². The van der Waals surface area contributed by atoms with Gasteiger partial charge in [0.2, 0.25) is 0 Å². The maximum Gasteiger partial charge on any atom is 0.274 e. The zero-order valence-electron chi connectivity index (χ0n) is 17.4. The number of nitrogens with zero attached hydrogens (tertiary/aromatic N) is 3. The summed E-state index contributed by atoms with van der Waals surface area (Å²) >= 11 is 0. The second kappa shape index (κ2) is 11.4. The number of pyridine rings is 2. The lowest BCUT2D eigenvalue weighted by Crippen LogP contribution is -2.17. The predicted molar refractivity (Wildman–Crippen MR) is 118 cm³/mol. The summed E-state index contributed by atoms with van der Waals surface area (Å²) in [6, 6.07) is 6.80. The van der Waals surface area contributed by atoms with Gasteiger partial charge in [-0.05, 0) is 44.8 Å². The first kappa shape index (κ1) is 25.1. The van der Waals surface area contributed by atoms with Crippen molar-refractivity contribution in [1.29, 1.82) is 0 Å². The van der Waals surface area contributed by atoms with Crippen molar-refractivity contribution < 1.29 is 22.7 Å². The Balaban J connectivity index is 0.00000363. The lowest BCUT2D eigenvalue weighted by molar-refractivity contribution is 0.102. The fourth-order valence-electron chi connectivity index (χ4n) is 2.82. The third-order valence-electron chi connectivity index (χ3n) is 4.31. The standard InChI is InChI=1S/C22H21F3N4O2.ClH/c1-29(2)11-4-12-31-19-9-10-26-13-18(19)28-22(30)17-8-7-16(25)21(27-17)20-14(23)5-3-6-15(20)24;/h3,5-10,13H,4,11-12H2,1-2H3,(H,28,30);1H. The van der Waals surface area contributed by atoms with E-state index in [2.05, 4.69) is 15.3 Å². The van der Waals surface area contributed by atoms with E-state index in [4.69, 9.17) is 4.74 Å². The molecule has 0 fully saturated rings. The van der Waals surface area contributed by atoms with E-state index in [1.165, 1.54) is 12.4 Å². The van der Waals surface area contributed by atoms with Crippen LogP contribution in [0.15, 0.2) is 48.8 Å². The molecule has 170 valence electrons. The van der Waals surface area contributed by atoms with Gasteiger partial charge < -0.3 is 15.0 Å². The van der Waals surface area contributed by atoms with Crippen molar-refractivity contribution in [2.75, 3.05) is 32.6 Å². The number of rotatable bonds is 8. The molecule has 2 aromatic heterocycles. The number of aromatic nitrogens is 2. The van der Waals surface area contributed by atoms with Crippen LogP contribution in [0.25, 0.3) is 11.3 Å². The van der Waals surface area contributed by atoms with E-state index >= 15 is 0 Å². The molecule has 0 bridgehead atoms. The van der Waals surface area contributed by atoms with Crippen molar-refractivity contribution in [1.82, 2.24) is 14.9 Å². The first-order chi connectivity index (χ1) is 14.9. The molecule has 10 heteroatoms. The van der Waals surface area contributed by atoms with Gasteiger partial charge in [0.25, 0.3) is 5.91 Å². The molecule has 0 unspecified atom stereocenters. The smallest absolute Gasteiger partial charge is 0.274 e. The summed E-state index contributed by atoms with van der Waals surface area (Å²) in [5.74, 6) is -3.21. The van der Waals surface area contributed by atoms with Crippen molar-refractivity contribution in [3.05, 3.63) is 71.9 Å². The number of hydrogen-bond acceptors (Lipinski definition) is 5. The molecule has 1 amide bonds. The molecular weight excluding hydrogens is 445 g/mol. The van der Waals surface area contributed by atoms with Crippen LogP contribution in [0.4, 0.5) is 18.9 Å². The average Bonchev–Trinajstić information content (AvgIpc) is 2.73. The summed E-state index contributed by atoms with van der Waals surface area (Å²) in [5, 5.41) is 2.59. The molecule has 32 heavy (non-hydrogen) atoms. The van der Waals surface area contributed by atoms with E-state index in [1.54, 1.807) is 6.07 Å². The van der Waals surface area contributed by atoms with Crippen LogP contribution >= 0.6 is 12.4 Å². The number of ether oxygens (including phenoxy) is 1. The van der Waals surface area contributed by atoms with E-state index in [1.807, 2.05) is 19.0 Å². The molecule has 0 spiro atoms. The van der Waals surface area contributed by atoms with Gasteiger partial charge in [0, 0.05) is 18.8 Å². The third-order valence-corrected chi connectivity index (χ3v) is 4.31. The molecule has 0 saturated carbocycles. The average molecular weight is 467 g/mol. The SMILES string of the molecule is CN(C)CCCOc1ccncc1NC(=O)c1ccc(F)c(-c2c(F)cccc2F)n1.Cl. The van der Waals surface area contributed by atoms with Crippen LogP contribution < -0.4 is 10.1 Å². The number of nitrogens with one attached hydrogen (secondary N) is 1. The predicted octanol–water partition coefficient (Wildman–Crippen LogP) is 4.57. The number of carbonyl (C=O) groups is 1. The van der Waals surface area contributed by atoms with Crippen LogP contribution in [0, 0.1) is 17.5 Å². The molecule has 0 aliphatic carbocycles. The number of halogens is 4. The van der Waals surface area contributed by atoms with Gasteiger partial charge in [0.05, 0.1) is 18.4 Å². The summed E-state index contributed by atoms with van der Waals surface area (Å²) < 4.78 is 48.1. The second-order valence-electron chi connectivity index (χ2n) is 6.95. The van der Waals surface area contributed by atoms with Gasteiger partial charge >= 0.3 is 0 Å². The van der Waals surface area contributed by atoms with Crippen LogP contribution in [0.2, 0.25) is 0 Å². The minimum Gasteiger partial charge on any atom is -0.491 e. The Labute approximate surface area is 189 Å². The zero-order valence-corrected chi connectivity index (χ0v) is 18.3. The van der Waals surface area contributed by atoms with Gasteiger partial charge in [0.1, 0.15) is 40.3 Å². The molecule has 1 aromatic carbocycles. The van der Waals surface area contributed by atoms with Crippen molar-refractivity contribution in [3.8, 4) is 17.0 Å². The van der Waals surface area contributed by atoms with Crippen molar-refractivity contribution >= 4 is 24.0 Å². The van der Waals surface area contributed by atoms with E-state index in [0.717, 1.165) is 43.3 Å². The van der Waals surface area contributed by atoms with Gasteiger partial charge in [0.15, 0.2) is 0 Å². The summed E-state index contributed by atoms with van der Waals surface area (Å²) in [7, 11) is 3.91. The molecule has 6 nitrogen and oxygen atoms in total. The molecule has 1 N–H and O–H groups in total. The highest BCUT2D eigenvalue weighted by Crippen LogP contribution is 2.28. The van der Waals surface area contributed by atoms with Crippen molar-refractivity contribution in [3.63, 3.8) is 0 Å². The molecule has 2 heterocycles. The van der Waals surface area contributed by atoms with Crippen LogP contribution in [-0.4, -0.2) is 48.0 Å². The van der Waals surface area contributed by atoms with Crippen LogP contribution in [-0.2, 0) is 0 Å². The minimum absolute atomic E-state index is 0. The third kappa shape index (κ3) is 6.18. The highest BCUT2D eigenvalue weighted by molar-refractivity contribution is 6.03. The normalized spacial score (nSPS) is 10.6. The van der Waals surface area contributed by atoms with Crippen LogP contribution in [0.5, 0.6) is 5.75 Å². The summed E-state index contributed by atoms with van der Waals surface area (Å²) in [6.45, 7) is 1.26. The molecule has 0 aliphatic heterocycles. The molecule has 0 aliphatic rings. The molecule has 0 radical (unpaired) electrons. The number of carbonyl (C=O) groups excluding carboxylic acids is 1. The van der Waals surface area contributed by atoms with E-state index < -0.39 is 34.6 Å². The lowest BCUT2D eigenvalue weighted by Gasteiger charge is -2.14. The monoisotopic (exact) mass is 466 g/mol. The highest BCUT2D eigenvalue weighted by Gasteiger charge is 2.20. The number of benzene rings is 1. The van der Waals surface area contributed by atoms with E-state index in [0.29, 0.717) is 18.0 Å². The summed E-state index contributed by atoms with van der Waals surface area (Å²) in [5.41, 5.74) is -1.15. The van der Waals surface area contributed by atoms with Crippen LogP contribution in [0.3, 0.4) is 0 Å². The Morgan fingerprint density at radius 1 is 1.06 bits per heavy atom. The van der Waals surface area contributed by atoms with Gasteiger partial charge in [-0.1, -0.05) is 6.07 Å². The van der Waals surface area contributed by atoms with Crippen molar-refractivity contribution in [2.24, 2.45) is 0 Å². The Bertz CT molecular complexity index is 1060. The van der Waals surface area contributed by atoms with Gasteiger partial charge in [-0.3, -0.25) is 9.78 Å². The molecule has 0 saturated heterocycles. The molecular formula is C22H22ClF3N4O2. The number of hydrogen-bond donors (Lipinski definition) is 1. The minimum atomic E-state index is -0.982. The Morgan fingerprint density at radius 3 is 2.47 bits per heavy atom. The first-order valence-electron chi connectivity index (χ1n) is 9.50. The fraction of sp³-hybridized carbons (Fsp3) is 0.227. The Morgan fingerprint density at radius 2 is 1.78 bits per heavy atom. The quantitative estimate of drug-likeness (QED) is 0.493. The molecule has 3 aromatic rings.